The Kier molecular flexibility index (Phi) is 6.12. The predicted octanol–water partition coefficient (Wildman–Crippen LogP) is 2.56. The van der Waals surface area contributed by atoms with Gasteiger partial charge in [0.05, 0.1) is 11.6 Å². The quantitative estimate of drug-likeness (QED) is 0.655. The van der Waals surface area contributed by atoms with Crippen molar-refractivity contribution in [3.63, 3.8) is 0 Å². The summed E-state index contributed by atoms with van der Waals surface area (Å²) in [6.45, 7) is 8.12. The minimum atomic E-state index is -0.0103. The van der Waals surface area contributed by atoms with Crippen molar-refractivity contribution in [1.29, 1.82) is 5.26 Å². The van der Waals surface area contributed by atoms with Gasteiger partial charge in [-0.2, -0.15) is 5.26 Å². The molecule has 1 aromatic rings. The molecule has 0 radical (unpaired) electrons. The summed E-state index contributed by atoms with van der Waals surface area (Å²) < 4.78 is 0. The van der Waals surface area contributed by atoms with E-state index in [1.54, 1.807) is 11.0 Å². The second-order valence-electron chi connectivity index (χ2n) is 8.43. The van der Waals surface area contributed by atoms with Gasteiger partial charge < -0.3 is 9.80 Å². The highest BCUT2D eigenvalue weighted by Gasteiger charge is 2.35. The maximum Gasteiger partial charge on any atom is 0.246 e. The molecule has 6 nitrogen and oxygen atoms in total. The van der Waals surface area contributed by atoms with Gasteiger partial charge >= 0.3 is 0 Å². The molecular formula is C23H27ClN4O2. The van der Waals surface area contributed by atoms with E-state index in [0.717, 1.165) is 50.1 Å². The number of carbonyl (C=O) groups is 2. The number of carbonyl (C=O) groups excluding carboxylic acids is 2. The zero-order chi connectivity index (χ0) is 21.3. The van der Waals surface area contributed by atoms with Crippen LogP contribution in [0.3, 0.4) is 0 Å². The molecule has 0 aromatic heterocycles. The molecule has 2 aliphatic heterocycles. The van der Waals surface area contributed by atoms with Gasteiger partial charge in [-0.3, -0.25) is 14.5 Å². The van der Waals surface area contributed by atoms with Crippen molar-refractivity contribution >= 4 is 23.4 Å². The number of piperazine rings is 1. The molecule has 0 atom stereocenters. The van der Waals surface area contributed by atoms with Crippen molar-refractivity contribution in [3.05, 3.63) is 46.5 Å². The van der Waals surface area contributed by atoms with E-state index in [-0.39, 0.29) is 11.8 Å². The van der Waals surface area contributed by atoms with Crippen LogP contribution in [0, 0.1) is 11.3 Å². The highest BCUT2D eigenvalue weighted by atomic mass is 35.5. The van der Waals surface area contributed by atoms with E-state index in [1.807, 2.05) is 11.0 Å². The van der Waals surface area contributed by atoms with Gasteiger partial charge in [0.1, 0.15) is 0 Å². The fraction of sp³-hybridized carbons (Fsp3) is 0.522. The molecule has 1 saturated carbocycles. The van der Waals surface area contributed by atoms with E-state index >= 15 is 0 Å². The number of halogens is 1. The third kappa shape index (κ3) is 4.38. The van der Waals surface area contributed by atoms with Crippen LogP contribution in [0.1, 0.15) is 41.9 Å². The van der Waals surface area contributed by atoms with Gasteiger partial charge in [-0.25, -0.2) is 0 Å². The van der Waals surface area contributed by atoms with Crippen molar-refractivity contribution in [2.75, 3.05) is 39.3 Å². The van der Waals surface area contributed by atoms with Crippen LogP contribution >= 0.6 is 11.6 Å². The molecule has 0 spiro atoms. The van der Waals surface area contributed by atoms with E-state index in [4.69, 9.17) is 11.6 Å². The summed E-state index contributed by atoms with van der Waals surface area (Å²) in [4.78, 5) is 30.4. The lowest BCUT2D eigenvalue weighted by Gasteiger charge is -2.47. The molecule has 1 aliphatic carbocycles. The summed E-state index contributed by atoms with van der Waals surface area (Å²) in [5.41, 5.74) is 2.62. The first-order valence-electron chi connectivity index (χ1n) is 10.7. The normalized spacial score (nSPS) is 19.9. The molecule has 1 aromatic carbocycles. The number of rotatable bonds is 6. The van der Waals surface area contributed by atoms with Crippen molar-refractivity contribution in [2.45, 2.75) is 37.6 Å². The van der Waals surface area contributed by atoms with Crippen molar-refractivity contribution in [3.8, 4) is 6.07 Å². The van der Waals surface area contributed by atoms with Crippen LogP contribution in [-0.2, 0) is 16.0 Å². The van der Waals surface area contributed by atoms with Crippen LogP contribution in [0.5, 0.6) is 0 Å². The van der Waals surface area contributed by atoms with Gasteiger partial charge in [-0.15, -0.1) is 0 Å². The summed E-state index contributed by atoms with van der Waals surface area (Å²) in [5.74, 6) is 0.638. The first kappa shape index (κ1) is 20.9. The number of aryl methyl sites for hydroxylation is 1. The summed E-state index contributed by atoms with van der Waals surface area (Å²) in [6, 6.07) is 6.41. The third-order valence-electron chi connectivity index (χ3n) is 6.50. The molecule has 30 heavy (non-hydrogen) atoms. The topological polar surface area (TPSA) is 67.7 Å². The largest absolute Gasteiger partial charge is 0.340 e. The molecule has 0 unspecified atom stereocenters. The Morgan fingerprint density at radius 3 is 2.47 bits per heavy atom. The maximum absolute atomic E-state index is 12.7. The number of hydrogen-bond acceptors (Lipinski definition) is 4. The van der Waals surface area contributed by atoms with E-state index in [9.17, 15) is 14.9 Å². The molecule has 2 amide bonds. The van der Waals surface area contributed by atoms with Crippen molar-refractivity contribution in [1.82, 2.24) is 14.7 Å². The van der Waals surface area contributed by atoms with E-state index in [0.29, 0.717) is 48.5 Å². The zero-order valence-electron chi connectivity index (χ0n) is 17.1. The Bertz CT molecular complexity index is 891. The Hall–Kier alpha value is -2.36. The fourth-order valence-electron chi connectivity index (χ4n) is 4.39. The number of likely N-dealkylation sites (tertiary alicyclic amines) is 1. The second-order valence-corrected chi connectivity index (χ2v) is 8.84. The Morgan fingerprint density at radius 2 is 1.87 bits per heavy atom. The minimum Gasteiger partial charge on any atom is -0.340 e. The van der Waals surface area contributed by atoms with Gasteiger partial charge in [0.15, 0.2) is 0 Å². The first-order valence-corrected chi connectivity index (χ1v) is 11.0. The lowest BCUT2D eigenvalue weighted by atomic mass is 9.98. The number of amides is 2. The van der Waals surface area contributed by atoms with Crippen LogP contribution in [0.2, 0.25) is 5.02 Å². The van der Waals surface area contributed by atoms with Crippen LogP contribution in [-0.4, -0.2) is 71.8 Å². The standard InChI is InChI=1S/C23H27ClN4O2/c1-2-22(29)28-14-19(15-28)26-7-9-27(10-8-26)23(30)6-5-17-11-20(16-3-4-16)21(24)12-18(17)13-25/h2,11-12,16,19H,1,3-10,14-15H2. The van der Waals surface area contributed by atoms with Gasteiger partial charge in [0.2, 0.25) is 11.8 Å². The Labute approximate surface area is 182 Å². The summed E-state index contributed by atoms with van der Waals surface area (Å²) in [7, 11) is 0. The lowest BCUT2D eigenvalue weighted by Crippen LogP contribution is -2.64. The number of benzene rings is 1. The SMILES string of the molecule is C=CC(=O)N1CC(N2CCN(C(=O)CCc3cc(C4CC4)c(Cl)cc3C#N)CC2)C1. The number of nitrogens with zero attached hydrogens (tertiary/aromatic N) is 4. The van der Waals surface area contributed by atoms with Crippen molar-refractivity contribution in [2.24, 2.45) is 0 Å². The molecule has 7 heteroatoms. The molecule has 158 valence electrons. The molecule has 3 fully saturated rings. The van der Waals surface area contributed by atoms with E-state index in [1.165, 1.54) is 6.08 Å². The van der Waals surface area contributed by atoms with Crippen LogP contribution < -0.4 is 0 Å². The maximum atomic E-state index is 12.7. The molecule has 2 saturated heterocycles. The van der Waals surface area contributed by atoms with Crippen LogP contribution in [0.25, 0.3) is 0 Å². The smallest absolute Gasteiger partial charge is 0.246 e. The van der Waals surface area contributed by atoms with Crippen LogP contribution in [0.15, 0.2) is 24.8 Å². The van der Waals surface area contributed by atoms with E-state index < -0.39 is 0 Å². The average molecular weight is 427 g/mol. The molecule has 2 heterocycles. The minimum absolute atomic E-state index is 0.0103. The molecule has 0 N–H and O–H groups in total. The predicted molar refractivity (Wildman–Crippen MR) is 115 cm³/mol. The molecule has 0 bridgehead atoms. The number of hydrogen-bond donors (Lipinski definition) is 0. The monoisotopic (exact) mass is 426 g/mol. The fourth-order valence-corrected chi connectivity index (χ4v) is 4.70. The highest BCUT2D eigenvalue weighted by molar-refractivity contribution is 6.31. The molecule has 4 rings (SSSR count). The Morgan fingerprint density at radius 1 is 1.17 bits per heavy atom. The Balaban J connectivity index is 1.27. The van der Waals surface area contributed by atoms with Gasteiger partial charge in [0.25, 0.3) is 0 Å². The summed E-state index contributed by atoms with van der Waals surface area (Å²) in [5, 5.41) is 10.1. The molecular weight excluding hydrogens is 400 g/mol. The van der Waals surface area contributed by atoms with Gasteiger partial charge in [-0.05, 0) is 48.4 Å². The zero-order valence-corrected chi connectivity index (χ0v) is 17.9. The van der Waals surface area contributed by atoms with Crippen molar-refractivity contribution < 1.29 is 9.59 Å². The summed E-state index contributed by atoms with van der Waals surface area (Å²) >= 11 is 6.33. The summed E-state index contributed by atoms with van der Waals surface area (Å²) in [6.07, 6.45) is 4.63. The second kappa shape index (κ2) is 8.79. The molecule has 3 aliphatic rings. The highest BCUT2D eigenvalue weighted by Crippen LogP contribution is 2.44. The lowest BCUT2D eigenvalue weighted by molar-refractivity contribution is -0.136. The third-order valence-corrected chi connectivity index (χ3v) is 6.83. The van der Waals surface area contributed by atoms with Gasteiger partial charge in [0, 0.05) is 56.8 Å². The van der Waals surface area contributed by atoms with E-state index in [2.05, 4.69) is 17.5 Å². The number of nitriles is 1. The van der Waals surface area contributed by atoms with Gasteiger partial charge in [-0.1, -0.05) is 24.2 Å². The van der Waals surface area contributed by atoms with Crippen LogP contribution in [0.4, 0.5) is 0 Å². The first-order chi connectivity index (χ1) is 14.5. The average Bonchev–Trinajstić information content (AvgIpc) is 3.56.